The SMILES string of the molecule is C/C(=C\C(=O)c1cc(C)cc(C)c1)c1ccc(C)cc1. The molecule has 0 saturated carbocycles. The zero-order valence-electron chi connectivity index (χ0n) is 12.5. The van der Waals surface area contributed by atoms with Gasteiger partial charge in [0.1, 0.15) is 0 Å². The largest absolute Gasteiger partial charge is 0.289 e. The summed E-state index contributed by atoms with van der Waals surface area (Å²) in [6.07, 6.45) is 1.72. The van der Waals surface area contributed by atoms with E-state index in [0.29, 0.717) is 0 Å². The Morgan fingerprint density at radius 2 is 1.35 bits per heavy atom. The fourth-order valence-electron chi connectivity index (χ4n) is 2.30. The Balaban J connectivity index is 2.29. The Morgan fingerprint density at radius 3 is 1.90 bits per heavy atom. The van der Waals surface area contributed by atoms with Gasteiger partial charge in [0.25, 0.3) is 0 Å². The molecule has 2 aromatic carbocycles. The first kappa shape index (κ1) is 14.3. The topological polar surface area (TPSA) is 17.1 Å². The average Bonchev–Trinajstić information content (AvgIpc) is 2.38. The van der Waals surface area contributed by atoms with Crippen molar-refractivity contribution >= 4 is 11.4 Å². The Kier molecular flexibility index (Phi) is 4.19. The summed E-state index contributed by atoms with van der Waals surface area (Å²) in [5.41, 5.74) is 6.31. The number of benzene rings is 2. The zero-order chi connectivity index (χ0) is 14.7. The van der Waals surface area contributed by atoms with Crippen LogP contribution in [0.1, 0.15) is 39.5 Å². The van der Waals surface area contributed by atoms with Crippen molar-refractivity contribution in [3.8, 4) is 0 Å². The van der Waals surface area contributed by atoms with Crippen LogP contribution in [0.5, 0.6) is 0 Å². The highest BCUT2D eigenvalue weighted by Gasteiger charge is 2.05. The minimum atomic E-state index is 0.0647. The fraction of sp³-hybridized carbons (Fsp3) is 0.211. The standard InChI is InChI=1S/C19H20O/c1-13-5-7-17(8-6-13)16(4)12-19(20)18-10-14(2)9-15(3)11-18/h5-12H,1-4H3/b16-12+. The number of carbonyl (C=O) groups is 1. The molecule has 0 aliphatic carbocycles. The Hall–Kier alpha value is -2.15. The number of rotatable bonds is 3. The van der Waals surface area contributed by atoms with Crippen molar-refractivity contribution in [3.63, 3.8) is 0 Å². The van der Waals surface area contributed by atoms with Gasteiger partial charge < -0.3 is 0 Å². The fourth-order valence-corrected chi connectivity index (χ4v) is 2.30. The summed E-state index contributed by atoms with van der Waals surface area (Å²) in [5, 5.41) is 0. The third-order valence-corrected chi connectivity index (χ3v) is 3.36. The Bertz CT molecular complexity index is 640. The molecule has 0 atom stereocenters. The number of aryl methyl sites for hydroxylation is 3. The number of allylic oxidation sites excluding steroid dienone is 2. The molecule has 102 valence electrons. The first-order valence-electron chi connectivity index (χ1n) is 6.83. The predicted molar refractivity (Wildman–Crippen MR) is 85.1 cm³/mol. The molecule has 0 heterocycles. The normalized spacial score (nSPS) is 11.5. The summed E-state index contributed by atoms with van der Waals surface area (Å²) >= 11 is 0. The van der Waals surface area contributed by atoms with Crippen LogP contribution in [0.4, 0.5) is 0 Å². The lowest BCUT2D eigenvalue weighted by molar-refractivity contribution is 0.104. The van der Waals surface area contributed by atoms with E-state index >= 15 is 0 Å². The van der Waals surface area contributed by atoms with Crippen LogP contribution in [0.2, 0.25) is 0 Å². The van der Waals surface area contributed by atoms with E-state index in [-0.39, 0.29) is 5.78 Å². The van der Waals surface area contributed by atoms with Gasteiger partial charge in [-0.2, -0.15) is 0 Å². The number of carbonyl (C=O) groups excluding carboxylic acids is 1. The van der Waals surface area contributed by atoms with Crippen LogP contribution < -0.4 is 0 Å². The second-order valence-electron chi connectivity index (χ2n) is 5.43. The highest BCUT2D eigenvalue weighted by atomic mass is 16.1. The van der Waals surface area contributed by atoms with Crippen molar-refractivity contribution < 1.29 is 4.79 Å². The lowest BCUT2D eigenvalue weighted by Gasteiger charge is -2.04. The maximum atomic E-state index is 12.3. The van der Waals surface area contributed by atoms with E-state index in [1.54, 1.807) is 6.08 Å². The number of hydrogen-bond acceptors (Lipinski definition) is 1. The minimum absolute atomic E-state index is 0.0647. The highest BCUT2D eigenvalue weighted by Crippen LogP contribution is 2.17. The van der Waals surface area contributed by atoms with Gasteiger partial charge in [-0.1, -0.05) is 47.0 Å². The molecule has 0 radical (unpaired) electrons. The third kappa shape index (κ3) is 3.45. The van der Waals surface area contributed by atoms with Crippen LogP contribution in [-0.4, -0.2) is 5.78 Å². The van der Waals surface area contributed by atoms with Crippen molar-refractivity contribution in [2.24, 2.45) is 0 Å². The van der Waals surface area contributed by atoms with Crippen molar-refractivity contribution in [1.82, 2.24) is 0 Å². The molecule has 0 aliphatic rings. The summed E-state index contributed by atoms with van der Waals surface area (Å²) in [6.45, 7) is 8.06. The summed E-state index contributed by atoms with van der Waals surface area (Å²) in [4.78, 5) is 12.3. The second-order valence-corrected chi connectivity index (χ2v) is 5.43. The number of ketones is 1. The van der Waals surface area contributed by atoms with Gasteiger partial charge in [-0.3, -0.25) is 4.79 Å². The van der Waals surface area contributed by atoms with Crippen LogP contribution in [0, 0.1) is 20.8 Å². The summed E-state index contributed by atoms with van der Waals surface area (Å²) in [5.74, 6) is 0.0647. The first-order valence-corrected chi connectivity index (χ1v) is 6.83. The number of hydrogen-bond donors (Lipinski definition) is 0. The Labute approximate surface area is 121 Å². The molecule has 0 amide bonds. The van der Waals surface area contributed by atoms with Crippen molar-refractivity contribution in [3.05, 3.63) is 76.4 Å². The van der Waals surface area contributed by atoms with Gasteiger partial charge in [0.05, 0.1) is 0 Å². The van der Waals surface area contributed by atoms with Gasteiger partial charge in [0, 0.05) is 5.56 Å². The van der Waals surface area contributed by atoms with Gasteiger partial charge in [-0.25, -0.2) is 0 Å². The van der Waals surface area contributed by atoms with E-state index in [0.717, 1.165) is 27.8 Å². The first-order chi connectivity index (χ1) is 9.45. The van der Waals surface area contributed by atoms with E-state index in [2.05, 4.69) is 37.3 Å². The lowest BCUT2D eigenvalue weighted by atomic mass is 10.00. The van der Waals surface area contributed by atoms with E-state index in [1.165, 1.54) is 5.56 Å². The molecule has 2 rings (SSSR count). The summed E-state index contributed by atoms with van der Waals surface area (Å²) in [7, 11) is 0. The van der Waals surface area contributed by atoms with Crippen LogP contribution in [0.3, 0.4) is 0 Å². The van der Waals surface area contributed by atoms with Gasteiger partial charge in [0.15, 0.2) is 5.78 Å². The van der Waals surface area contributed by atoms with Gasteiger partial charge in [-0.15, -0.1) is 0 Å². The van der Waals surface area contributed by atoms with E-state index in [4.69, 9.17) is 0 Å². The summed E-state index contributed by atoms with van der Waals surface area (Å²) in [6, 6.07) is 14.2. The maximum absolute atomic E-state index is 12.3. The van der Waals surface area contributed by atoms with Crippen LogP contribution in [0.15, 0.2) is 48.5 Å². The van der Waals surface area contributed by atoms with Crippen molar-refractivity contribution in [2.45, 2.75) is 27.7 Å². The zero-order valence-corrected chi connectivity index (χ0v) is 12.5. The highest BCUT2D eigenvalue weighted by molar-refractivity contribution is 6.08. The molecule has 2 aromatic rings. The molecule has 20 heavy (non-hydrogen) atoms. The molecule has 0 aliphatic heterocycles. The molecule has 0 aromatic heterocycles. The molecule has 1 heteroatoms. The van der Waals surface area contributed by atoms with E-state index in [1.807, 2.05) is 32.9 Å². The van der Waals surface area contributed by atoms with Gasteiger partial charge >= 0.3 is 0 Å². The van der Waals surface area contributed by atoms with Crippen molar-refractivity contribution in [1.29, 1.82) is 0 Å². The van der Waals surface area contributed by atoms with E-state index < -0.39 is 0 Å². The summed E-state index contributed by atoms with van der Waals surface area (Å²) < 4.78 is 0. The molecule has 1 nitrogen and oxygen atoms in total. The smallest absolute Gasteiger partial charge is 0.186 e. The minimum Gasteiger partial charge on any atom is -0.289 e. The molecular weight excluding hydrogens is 244 g/mol. The molecule has 0 saturated heterocycles. The van der Waals surface area contributed by atoms with E-state index in [9.17, 15) is 4.79 Å². The molecule has 0 fully saturated rings. The molecule has 0 spiro atoms. The molecule has 0 bridgehead atoms. The van der Waals surface area contributed by atoms with Crippen molar-refractivity contribution in [2.75, 3.05) is 0 Å². The molecule has 0 N–H and O–H groups in total. The second kappa shape index (κ2) is 5.87. The molecule has 0 unspecified atom stereocenters. The average molecular weight is 264 g/mol. The van der Waals surface area contributed by atoms with Crippen LogP contribution in [0.25, 0.3) is 5.57 Å². The monoisotopic (exact) mass is 264 g/mol. The predicted octanol–water partition coefficient (Wildman–Crippen LogP) is 4.90. The maximum Gasteiger partial charge on any atom is 0.186 e. The van der Waals surface area contributed by atoms with Crippen LogP contribution >= 0.6 is 0 Å². The Morgan fingerprint density at radius 1 is 0.800 bits per heavy atom. The quantitative estimate of drug-likeness (QED) is 0.569. The molecular formula is C19H20O. The lowest BCUT2D eigenvalue weighted by Crippen LogP contribution is -1.97. The third-order valence-electron chi connectivity index (χ3n) is 3.36. The van der Waals surface area contributed by atoms with Gasteiger partial charge in [0.2, 0.25) is 0 Å². The van der Waals surface area contributed by atoms with Gasteiger partial charge in [-0.05, 0) is 57.0 Å². The van der Waals surface area contributed by atoms with Crippen LogP contribution in [-0.2, 0) is 0 Å².